The van der Waals surface area contributed by atoms with Crippen LogP contribution < -0.4 is 0 Å². The summed E-state index contributed by atoms with van der Waals surface area (Å²) in [5, 5.41) is 9.99. The van der Waals surface area contributed by atoms with Crippen LogP contribution in [0.1, 0.15) is 9.80 Å². The number of hydrogen-bond acceptors (Lipinski definition) is 5. The fourth-order valence-electron chi connectivity index (χ4n) is 0.505. The number of oxazole rings is 1. The first-order valence-electron chi connectivity index (χ1n) is 3.25. The van der Waals surface area contributed by atoms with Crippen molar-refractivity contribution in [1.29, 1.82) is 0 Å². The van der Waals surface area contributed by atoms with Gasteiger partial charge in [-0.3, -0.25) is 0 Å². The second-order valence-corrected chi connectivity index (χ2v) is 2.71. The Labute approximate surface area is 77.7 Å². The number of thiazole rings is 1. The molecule has 0 radical (unpaired) electrons. The zero-order chi connectivity index (χ0) is 9.52. The first-order valence-corrected chi connectivity index (χ1v) is 4.13. The molecule has 0 aliphatic heterocycles. The van der Waals surface area contributed by atoms with Crippen molar-refractivity contribution in [3.63, 3.8) is 0 Å². The van der Waals surface area contributed by atoms with Gasteiger partial charge in [0, 0.05) is 11.6 Å². The van der Waals surface area contributed by atoms with Gasteiger partial charge in [-0.15, -0.1) is 11.3 Å². The summed E-state index contributed by atoms with van der Waals surface area (Å²) in [5.41, 5.74) is 0. The average Bonchev–Trinajstić information content (AvgIpc) is 2.82. The van der Waals surface area contributed by atoms with E-state index in [0.717, 1.165) is 11.3 Å². The van der Waals surface area contributed by atoms with Crippen LogP contribution in [0.5, 0.6) is 0 Å². The maximum Gasteiger partial charge on any atom is 0.364 e. The van der Waals surface area contributed by atoms with Gasteiger partial charge in [0.15, 0.2) is 6.39 Å². The van der Waals surface area contributed by atoms with E-state index in [0.29, 0.717) is 0 Å². The van der Waals surface area contributed by atoms with Gasteiger partial charge < -0.3 is 9.52 Å². The lowest BCUT2D eigenvalue weighted by atomic mass is 10.7. The Kier molecular flexibility index (Phi) is 3.65. The van der Waals surface area contributed by atoms with Crippen LogP contribution in [-0.4, -0.2) is 21.0 Å². The Hall–Kier alpha value is -1.69. The molecular weight excluding hydrogens is 192 g/mol. The Morgan fingerprint density at radius 2 is 2.38 bits per heavy atom. The van der Waals surface area contributed by atoms with Gasteiger partial charge in [-0.25, -0.2) is 14.8 Å². The minimum absolute atomic E-state index is 0.144. The zero-order valence-electron chi connectivity index (χ0n) is 6.45. The molecule has 2 aromatic heterocycles. The summed E-state index contributed by atoms with van der Waals surface area (Å²) in [4.78, 5) is 17.1. The standard InChI is InChI=1S/C4H3NO2S.C3H3NO/c6-4(7)3-5-1-2-8-3;1-2-5-3-4-1/h1-2H,(H,6,7);1-3H. The Morgan fingerprint density at radius 3 is 2.62 bits per heavy atom. The number of aromatic carboxylic acids is 1. The van der Waals surface area contributed by atoms with Crippen LogP contribution in [0.25, 0.3) is 0 Å². The summed E-state index contributed by atoms with van der Waals surface area (Å²) >= 11 is 1.12. The molecule has 0 saturated carbocycles. The second kappa shape index (κ2) is 5.04. The summed E-state index contributed by atoms with van der Waals surface area (Å²) < 4.78 is 4.47. The summed E-state index contributed by atoms with van der Waals surface area (Å²) in [6.45, 7) is 0. The molecule has 68 valence electrons. The van der Waals surface area contributed by atoms with E-state index in [4.69, 9.17) is 5.11 Å². The molecule has 0 unspecified atom stereocenters. The van der Waals surface area contributed by atoms with E-state index in [1.807, 2.05) is 0 Å². The molecule has 2 rings (SSSR count). The first-order chi connectivity index (χ1) is 6.30. The van der Waals surface area contributed by atoms with Gasteiger partial charge in [0.05, 0.1) is 6.20 Å². The minimum atomic E-state index is -0.958. The number of hydrogen-bond donors (Lipinski definition) is 1. The molecule has 0 spiro atoms. The fourth-order valence-corrected chi connectivity index (χ4v) is 0.978. The lowest BCUT2D eigenvalue weighted by Crippen LogP contribution is -1.92. The highest BCUT2D eigenvalue weighted by Crippen LogP contribution is 2.01. The van der Waals surface area contributed by atoms with E-state index < -0.39 is 5.97 Å². The van der Waals surface area contributed by atoms with Crippen molar-refractivity contribution in [3.8, 4) is 0 Å². The Bertz CT molecular complexity index is 313. The summed E-state index contributed by atoms with van der Waals surface area (Å²) in [5.74, 6) is -0.958. The highest BCUT2D eigenvalue weighted by Gasteiger charge is 2.01. The van der Waals surface area contributed by atoms with Crippen LogP contribution in [0.2, 0.25) is 0 Å². The second-order valence-electron chi connectivity index (χ2n) is 1.82. The van der Waals surface area contributed by atoms with Crippen molar-refractivity contribution >= 4 is 17.3 Å². The average molecular weight is 198 g/mol. The molecule has 0 amide bonds. The molecule has 5 nitrogen and oxygen atoms in total. The van der Waals surface area contributed by atoms with Crippen LogP contribution in [-0.2, 0) is 0 Å². The van der Waals surface area contributed by atoms with Crippen LogP contribution >= 0.6 is 11.3 Å². The first kappa shape index (κ1) is 9.40. The van der Waals surface area contributed by atoms with Crippen molar-refractivity contribution in [2.45, 2.75) is 0 Å². The van der Waals surface area contributed by atoms with E-state index in [2.05, 4.69) is 14.4 Å². The van der Waals surface area contributed by atoms with Crippen LogP contribution in [0.15, 0.2) is 34.8 Å². The minimum Gasteiger partial charge on any atom is -0.476 e. The van der Waals surface area contributed by atoms with Crippen LogP contribution in [0.3, 0.4) is 0 Å². The third kappa shape index (κ3) is 3.48. The largest absolute Gasteiger partial charge is 0.476 e. The van der Waals surface area contributed by atoms with Crippen molar-refractivity contribution in [3.05, 3.63) is 35.4 Å². The predicted molar refractivity (Wildman–Crippen MR) is 45.6 cm³/mol. The molecule has 1 N–H and O–H groups in total. The van der Waals surface area contributed by atoms with Crippen molar-refractivity contribution in [2.24, 2.45) is 0 Å². The highest BCUT2D eigenvalue weighted by molar-refractivity contribution is 7.11. The normalized spacial score (nSPS) is 8.62. The Balaban J connectivity index is 0.000000145. The number of rotatable bonds is 1. The molecule has 0 fully saturated rings. The Morgan fingerprint density at radius 1 is 1.54 bits per heavy atom. The molecule has 0 bridgehead atoms. The molecule has 0 aromatic carbocycles. The van der Waals surface area contributed by atoms with E-state index in [9.17, 15) is 4.79 Å². The van der Waals surface area contributed by atoms with Gasteiger partial charge in [0.25, 0.3) is 0 Å². The third-order valence-electron chi connectivity index (χ3n) is 0.962. The van der Waals surface area contributed by atoms with E-state index in [1.54, 1.807) is 11.6 Å². The molecule has 2 aromatic rings. The van der Waals surface area contributed by atoms with Crippen molar-refractivity contribution < 1.29 is 14.3 Å². The van der Waals surface area contributed by atoms with Gasteiger partial charge in [0.1, 0.15) is 6.26 Å². The molecule has 0 aliphatic carbocycles. The molecule has 0 atom stereocenters. The number of aromatic nitrogens is 2. The number of carboxylic acids is 1. The summed E-state index contributed by atoms with van der Waals surface area (Å²) in [6, 6.07) is 0. The predicted octanol–water partition coefficient (Wildman–Crippen LogP) is 1.52. The SMILES string of the molecule is O=C(O)c1nccs1.c1cocn1. The maximum atomic E-state index is 10.0. The zero-order valence-corrected chi connectivity index (χ0v) is 7.27. The number of nitrogens with zero attached hydrogens (tertiary/aromatic N) is 2. The van der Waals surface area contributed by atoms with E-state index in [-0.39, 0.29) is 5.01 Å². The maximum absolute atomic E-state index is 10.0. The molecule has 2 heterocycles. The van der Waals surface area contributed by atoms with Gasteiger partial charge >= 0.3 is 5.97 Å². The smallest absolute Gasteiger partial charge is 0.364 e. The summed E-state index contributed by atoms with van der Waals surface area (Å²) in [7, 11) is 0. The van der Waals surface area contributed by atoms with Crippen molar-refractivity contribution in [1.82, 2.24) is 9.97 Å². The number of carbonyl (C=O) groups is 1. The third-order valence-corrected chi connectivity index (χ3v) is 1.72. The lowest BCUT2D eigenvalue weighted by Gasteiger charge is -1.77. The van der Waals surface area contributed by atoms with Gasteiger partial charge in [-0.1, -0.05) is 0 Å². The number of carboxylic acid groups (broad SMARTS) is 1. The van der Waals surface area contributed by atoms with Gasteiger partial charge in [-0.05, 0) is 0 Å². The molecule has 6 heteroatoms. The van der Waals surface area contributed by atoms with Crippen LogP contribution in [0.4, 0.5) is 0 Å². The van der Waals surface area contributed by atoms with E-state index >= 15 is 0 Å². The van der Waals surface area contributed by atoms with Crippen LogP contribution in [0, 0.1) is 0 Å². The molecular formula is C7H6N2O3S. The van der Waals surface area contributed by atoms with Crippen molar-refractivity contribution in [2.75, 3.05) is 0 Å². The monoisotopic (exact) mass is 198 g/mol. The van der Waals surface area contributed by atoms with E-state index in [1.165, 1.54) is 18.9 Å². The fraction of sp³-hybridized carbons (Fsp3) is 0. The highest BCUT2D eigenvalue weighted by atomic mass is 32.1. The molecule has 13 heavy (non-hydrogen) atoms. The van der Waals surface area contributed by atoms with Gasteiger partial charge in [-0.2, -0.15) is 0 Å². The lowest BCUT2D eigenvalue weighted by molar-refractivity contribution is 0.0696. The molecule has 0 saturated heterocycles. The van der Waals surface area contributed by atoms with Gasteiger partial charge in [0.2, 0.25) is 5.01 Å². The topological polar surface area (TPSA) is 76.2 Å². The quantitative estimate of drug-likeness (QED) is 0.751. The summed E-state index contributed by atoms with van der Waals surface area (Å²) in [6.07, 6.45) is 5.94. The molecule has 0 aliphatic rings.